The van der Waals surface area contributed by atoms with E-state index in [0.717, 1.165) is 11.4 Å². The van der Waals surface area contributed by atoms with Gasteiger partial charge in [0.1, 0.15) is 0 Å². The third-order valence-electron chi connectivity index (χ3n) is 2.42. The number of unbranched alkanes of at least 4 members (excludes halogenated alkanes) is 2. The van der Waals surface area contributed by atoms with Crippen LogP contribution < -0.4 is 5.73 Å². The van der Waals surface area contributed by atoms with Crippen LogP contribution in [0.25, 0.3) is 0 Å². The first-order chi connectivity index (χ1) is 6.74. The Labute approximate surface area is 91.3 Å². The van der Waals surface area contributed by atoms with Gasteiger partial charge in [-0.15, -0.1) is 0 Å². The zero-order chi connectivity index (χ0) is 10.4. The molecule has 1 aromatic rings. The lowest BCUT2D eigenvalue weighted by atomic mass is 10.0. The fourth-order valence-corrected chi connectivity index (χ4v) is 1.62. The van der Waals surface area contributed by atoms with E-state index in [9.17, 15) is 0 Å². The van der Waals surface area contributed by atoms with E-state index < -0.39 is 0 Å². The average Bonchev–Trinajstić information content (AvgIpc) is 2.19. The highest BCUT2D eigenvalue weighted by atomic mass is 35.5. The highest BCUT2D eigenvalue weighted by molar-refractivity contribution is 6.30. The zero-order valence-corrected chi connectivity index (χ0v) is 9.43. The first-order valence-corrected chi connectivity index (χ1v) is 5.63. The van der Waals surface area contributed by atoms with E-state index in [0.29, 0.717) is 0 Å². The number of benzene rings is 1. The fourth-order valence-electron chi connectivity index (χ4n) is 1.49. The van der Waals surface area contributed by atoms with E-state index >= 15 is 0 Å². The standard InChI is InChI=1S/C12H18ClN/c1-2-3-4-5-12(14)10-6-8-11(13)9-7-10/h6-9,12H,2-5,14H2,1H3/t12-/m0/s1. The molecule has 2 heteroatoms. The second-order valence-electron chi connectivity index (χ2n) is 3.65. The van der Waals surface area contributed by atoms with Crippen LogP contribution in [0.5, 0.6) is 0 Å². The van der Waals surface area contributed by atoms with Gasteiger partial charge in [-0.05, 0) is 24.1 Å². The Bertz CT molecular complexity index is 256. The monoisotopic (exact) mass is 211 g/mol. The Morgan fingerprint density at radius 3 is 2.43 bits per heavy atom. The maximum atomic E-state index is 6.04. The molecule has 1 rings (SSSR count). The van der Waals surface area contributed by atoms with Crippen LogP contribution in [-0.2, 0) is 0 Å². The van der Waals surface area contributed by atoms with Crippen LogP contribution in [0.1, 0.15) is 44.2 Å². The Kier molecular flexibility index (Phi) is 4.99. The number of rotatable bonds is 5. The largest absolute Gasteiger partial charge is 0.324 e. The van der Waals surface area contributed by atoms with E-state index in [1.807, 2.05) is 24.3 Å². The van der Waals surface area contributed by atoms with Gasteiger partial charge in [0.2, 0.25) is 0 Å². The van der Waals surface area contributed by atoms with Gasteiger partial charge in [0.05, 0.1) is 0 Å². The smallest absolute Gasteiger partial charge is 0.0406 e. The van der Waals surface area contributed by atoms with Crippen LogP contribution in [0.4, 0.5) is 0 Å². The van der Waals surface area contributed by atoms with Gasteiger partial charge < -0.3 is 5.73 Å². The first kappa shape index (κ1) is 11.5. The van der Waals surface area contributed by atoms with Crippen molar-refractivity contribution in [1.82, 2.24) is 0 Å². The van der Waals surface area contributed by atoms with Crippen LogP contribution in [-0.4, -0.2) is 0 Å². The molecule has 0 amide bonds. The quantitative estimate of drug-likeness (QED) is 0.735. The van der Waals surface area contributed by atoms with Crippen LogP contribution in [0, 0.1) is 0 Å². The van der Waals surface area contributed by atoms with E-state index in [1.165, 1.54) is 24.8 Å². The lowest BCUT2D eigenvalue weighted by Gasteiger charge is -2.11. The normalized spacial score (nSPS) is 12.8. The lowest BCUT2D eigenvalue weighted by Crippen LogP contribution is -2.09. The van der Waals surface area contributed by atoms with Crippen molar-refractivity contribution in [2.24, 2.45) is 5.73 Å². The molecule has 0 saturated carbocycles. The molecule has 1 nitrogen and oxygen atoms in total. The van der Waals surface area contributed by atoms with Crippen LogP contribution in [0.3, 0.4) is 0 Å². The summed E-state index contributed by atoms with van der Waals surface area (Å²) in [5.41, 5.74) is 7.23. The Morgan fingerprint density at radius 2 is 1.86 bits per heavy atom. The van der Waals surface area contributed by atoms with Gasteiger partial charge in [-0.3, -0.25) is 0 Å². The van der Waals surface area contributed by atoms with Gasteiger partial charge in [-0.1, -0.05) is 49.9 Å². The van der Waals surface area contributed by atoms with Gasteiger partial charge in [0.25, 0.3) is 0 Å². The Balaban J connectivity index is 2.43. The second kappa shape index (κ2) is 6.05. The van der Waals surface area contributed by atoms with E-state index in [4.69, 9.17) is 17.3 Å². The van der Waals surface area contributed by atoms with Crippen LogP contribution >= 0.6 is 11.6 Å². The van der Waals surface area contributed by atoms with Gasteiger partial charge in [0.15, 0.2) is 0 Å². The summed E-state index contributed by atoms with van der Waals surface area (Å²) in [6.07, 6.45) is 4.78. The molecule has 0 unspecified atom stereocenters. The molecule has 78 valence electrons. The fraction of sp³-hybridized carbons (Fsp3) is 0.500. The Morgan fingerprint density at radius 1 is 1.21 bits per heavy atom. The summed E-state index contributed by atoms with van der Waals surface area (Å²) < 4.78 is 0. The lowest BCUT2D eigenvalue weighted by molar-refractivity contribution is 0.581. The molecule has 0 heterocycles. The third kappa shape index (κ3) is 3.69. The summed E-state index contributed by atoms with van der Waals surface area (Å²) in [6.45, 7) is 2.20. The van der Waals surface area contributed by atoms with Crippen molar-refractivity contribution in [3.05, 3.63) is 34.9 Å². The zero-order valence-electron chi connectivity index (χ0n) is 8.67. The summed E-state index contributed by atoms with van der Waals surface area (Å²) in [6, 6.07) is 7.99. The van der Waals surface area contributed by atoms with Crippen LogP contribution in [0.15, 0.2) is 24.3 Å². The van der Waals surface area contributed by atoms with Gasteiger partial charge >= 0.3 is 0 Å². The molecular formula is C12H18ClN. The predicted octanol–water partition coefficient (Wildman–Crippen LogP) is 3.92. The predicted molar refractivity (Wildman–Crippen MR) is 62.5 cm³/mol. The molecule has 0 fully saturated rings. The molecular weight excluding hydrogens is 194 g/mol. The first-order valence-electron chi connectivity index (χ1n) is 5.25. The summed E-state index contributed by atoms with van der Waals surface area (Å²) in [7, 11) is 0. The number of halogens is 1. The molecule has 0 aromatic heterocycles. The van der Waals surface area contributed by atoms with Gasteiger partial charge in [0, 0.05) is 11.1 Å². The third-order valence-corrected chi connectivity index (χ3v) is 2.67. The highest BCUT2D eigenvalue weighted by Crippen LogP contribution is 2.19. The summed E-state index contributed by atoms with van der Waals surface area (Å²) in [5, 5.41) is 0.773. The van der Waals surface area contributed by atoms with Crippen molar-refractivity contribution < 1.29 is 0 Å². The van der Waals surface area contributed by atoms with Gasteiger partial charge in [-0.25, -0.2) is 0 Å². The number of hydrogen-bond acceptors (Lipinski definition) is 1. The molecule has 1 atom stereocenters. The second-order valence-corrected chi connectivity index (χ2v) is 4.09. The Hall–Kier alpha value is -0.530. The summed E-state index contributed by atoms with van der Waals surface area (Å²) in [5.74, 6) is 0. The minimum absolute atomic E-state index is 0.166. The maximum absolute atomic E-state index is 6.04. The summed E-state index contributed by atoms with van der Waals surface area (Å²) >= 11 is 5.80. The van der Waals surface area contributed by atoms with Crippen molar-refractivity contribution in [2.75, 3.05) is 0 Å². The van der Waals surface area contributed by atoms with Crippen molar-refractivity contribution in [2.45, 2.75) is 38.6 Å². The molecule has 14 heavy (non-hydrogen) atoms. The van der Waals surface area contributed by atoms with Crippen molar-refractivity contribution >= 4 is 11.6 Å². The van der Waals surface area contributed by atoms with Crippen LogP contribution in [0.2, 0.25) is 5.02 Å². The van der Waals surface area contributed by atoms with Crippen molar-refractivity contribution in [3.8, 4) is 0 Å². The van der Waals surface area contributed by atoms with E-state index in [2.05, 4.69) is 6.92 Å². The molecule has 0 saturated heterocycles. The summed E-state index contributed by atoms with van der Waals surface area (Å²) in [4.78, 5) is 0. The average molecular weight is 212 g/mol. The molecule has 0 radical (unpaired) electrons. The van der Waals surface area contributed by atoms with E-state index in [-0.39, 0.29) is 6.04 Å². The topological polar surface area (TPSA) is 26.0 Å². The molecule has 0 aliphatic heterocycles. The molecule has 1 aromatic carbocycles. The molecule has 0 spiro atoms. The molecule has 0 aliphatic carbocycles. The molecule has 0 bridgehead atoms. The van der Waals surface area contributed by atoms with Crippen molar-refractivity contribution in [3.63, 3.8) is 0 Å². The SMILES string of the molecule is CCCCC[C@H](N)c1ccc(Cl)cc1. The van der Waals surface area contributed by atoms with Crippen molar-refractivity contribution in [1.29, 1.82) is 0 Å². The van der Waals surface area contributed by atoms with Gasteiger partial charge in [-0.2, -0.15) is 0 Å². The maximum Gasteiger partial charge on any atom is 0.0406 e. The number of nitrogens with two attached hydrogens (primary N) is 1. The minimum atomic E-state index is 0.166. The highest BCUT2D eigenvalue weighted by Gasteiger charge is 2.04. The molecule has 0 aliphatic rings. The molecule has 2 N–H and O–H groups in total. The minimum Gasteiger partial charge on any atom is -0.324 e. The van der Waals surface area contributed by atoms with E-state index in [1.54, 1.807) is 0 Å². The number of hydrogen-bond donors (Lipinski definition) is 1.